The van der Waals surface area contributed by atoms with Gasteiger partial charge in [-0.15, -0.1) is 0 Å². The van der Waals surface area contributed by atoms with Crippen LogP contribution in [0.25, 0.3) is 0 Å². The lowest BCUT2D eigenvalue weighted by molar-refractivity contribution is -0.479. The maximum Gasteiger partial charge on any atom is 0.441 e. The monoisotopic (exact) mass is 1130 g/mol. The van der Waals surface area contributed by atoms with E-state index in [0.717, 1.165) is 8.37 Å². The van der Waals surface area contributed by atoms with Gasteiger partial charge in [-0.25, -0.2) is 0 Å². The molecule has 67 heavy (non-hydrogen) atoms. The molecule has 0 amide bonds. The third kappa shape index (κ3) is 8.04. The first-order valence-corrected chi connectivity index (χ1v) is 15.5. The highest BCUT2D eigenvalue weighted by molar-refractivity contribution is 7.81. The number of hydrogen-bond acceptors (Lipinski definition) is 4. The maximum absolute atomic E-state index is 13.9. The SMILES string of the molecule is CC(F)(F)C(F)(F)C(F)(F)C(F)(F)C(F)(F)C(F)(F)C(F)(F)C(F)(F)C(F)(F)C(F)(F)OS(=O)(=O)OC(F)(F)C(F)(F)C(F)(F)C(F)(F)C(F)(F)C(F)(F)C(F)(F)C(F)(F)C(F)(F)C(C)(F)F. The Hall–Kier alpha value is -2.93. The van der Waals surface area contributed by atoms with Gasteiger partial charge >= 0.3 is 129 Å². The van der Waals surface area contributed by atoms with Crippen LogP contribution >= 0.6 is 0 Å². The molecule has 45 heteroatoms. The molecule has 0 saturated heterocycles. The molecule has 404 valence electrons. The summed E-state index contributed by atoms with van der Waals surface area (Å²) in [5, 5.41) is 0. The van der Waals surface area contributed by atoms with Crippen LogP contribution in [0.5, 0.6) is 0 Å². The van der Waals surface area contributed by atoms with Crippen molar-refractivity contribution in [2.75, 3.05) is 0 Å². The second-order valence-electron chi connectivity index (χ2n) is 12.6. The average molecular weight is 1130 g/mol. The minimum absolute atomic E-state index is 0.907. The van der Waals surface area contributed by atoms with Gasteiger partial charge in [-0.2, -0.15) is 192 Å². The highest BCUT2D eigenvalue weighted by atomic mass is 32.3. The van der Waals surface area contributed by atoms with Gasteiger partial charge in [-0.1, -0.05) is 0 Å². The first-order valence-electron chi connectivity index (χ1n) is 14.1. The topological polar surface area (TPSA) is 52.6 Å². The highest BCUT2D eigenvalue weighted by Crippen LogP contribution is 2.69. The summed E-state index contributed by atoms with van der Waals surface area (Å²) in [7, 11) is -9.58. The summed E-state index contributed by atoms with van der Waals surface area (Å²) in [4.78, 5) is 0. The van der Waals surface area contributed by atoms with E-state index in [2.05, 4.69) is 0 Å². The van der Waals surface area contributed by atoms with Gasteiger partial charge in [0, 0.05) is 13.8 Å². The van der Waals surface area contributed by atoms with Gasteiger partial charge in [-0.05, 0) is 0 Å². The molecule has 0 aliphatic carbocycles. The van der Waals surface area contributed by atoms with Crippen molar-refractivity contribution in [3.63, 3.8) is 0 Å². The molecule has 0 aliphatic rings. The number of rotatable bonds is 22. The lowest BCUT2D eigenvalue weighted by Gasteiger charge is -2.44. The average Bonchev–Trinajstić information content (AvgIpc) is 3.04. The molecule has 4 nitrogen and oxygen atoms in total. The fourth-order valence-electron chi connectivity index (χ4n) is 3.66. The lowest BCUT2D eigenvalue weighted by atomic mass is 9.86. The van der Waals surface area contributed by atoms with E-state index in [1.807, 2.05) is 0 Å². The molecule has 0 spiro atoms. The molecule has 0 unspecified atom stereocenters. The fourth-order valence-corrected chi connectivity index (χ4v) is 4.42. The molecule has 0 rings (SSSR count). The molecule has 0 atom stereocenters. The van der Waals surface area contributed by atoms with Crippen molar-refractivity contribution in [3.8, 4) is 0 Å². The van der Waals surface area contributed by atoms with Crippen molar-refractivity contribution < 1.29 is 192 Å². The quantitative estimate of drug-likeness (QED) is 0.101. The summed E-state index contributed by atoms with van der Waals surface area (Å²) >= 11 is 0. The molecule has 0 saturated carbocycles. The first kappa shape index (κ1) is 64.1. The van der Waals surface area contributed by atoms with Crippen LogP contribution in [0.1, 0.15) is 13.8 Å². The Morgan fingerprint density at radius 2 is 0.313 bits per heavy atom. The van der Waals surface area contributed by atoms with E-state index in [9.17, 15) is 184 Å². The van der Waals surface area contributed by atoms with Crippen molar-refractivity contribution in [1.82, 2.24) is 0 Å². The van der Waals surface area contributed by atoms with Crippen molar-refractivity contribution in [1.29, 1.82) is 0 Å². The Balaban J connectivity index is 7.49. The van der Waals surface area contributed by atoms with E-state index >= 15 is 0 Å². The van der Waals surface area contributed by atoms with Crippen LogP contribution < -0.4 is 0 Å². The smallest absolute Gasteiger partial charge is 0.200 e. The van der Waals surface area contributed by atoms with Crippen molar-refractivity contribution in [2.24, 2.45) is 0 Å². The highest BCUT2D eigenvalue weighted by Gasteiger charge is 3.00. The van der Waals surface area contributed by atoms with Gasteiger partial charge in [0.1, 0.15) is 0 Å². The molecule has 0 N–H and O–H groups in total. The zero-order valence-electron chi connectivity index (χ0n) is 29.2. The predicted molar refractivity (Wildman–Crippen MR) is 121 cm³/mol. The van der Waals surface area contributed by atoms with E-state index in [4.69, 9.17) is 0 Å². The van der Waals surface area contributed by atoms with Crippen LogP contribution in [0.3, 0.4) is 0 Å². The summed E-state index contributed by atoms with van der Waals surface area (Å²) in [6.45, 7) is -3.41. The van der Waals surface area contributed by atoms with Crippen LogP contribution in [-0.2, 0) is 18.8 Å². The summed E-state index contributed by atoms with van der Waals surface area (Å²) in [6.07, 6.45) is -18.5. The van der Waals surface area contributed by atoms with Crippen LogP contribution in [0.15, 0.2) is 0 Å². The van der Waals surface area contributed by atoms with Crippen LogP contribution in [0.4, 0.5) is 176 Å². The Kier molecular flexibility index (Phi) is 14.9. The van der Waals surface area contributed by atoms with Gasteiger partial charge in [0.15, 0.2) is 0 Å². The molecular formula is C22H6F40O4S. The molecule has 0 aromatic rings. The van der Waals surface area contributed by atoms with Gasteiger partial charge in [0.2, 0.25) is 0 Å². The van der Waals surface area contributed by atoms with Crippen molar-refractivity contribution >= 4 is 10.4 Å². The van der Waals surface area contributed by atoms with Crippen molar-refractivity contribution in [2.45, 2.75) is 133 Å². The van der Waals surface area contributed by atoms with Gasteiger partial charge in [0.25, 0.3) is 0 Å². The Labute approximate surface area is 336 Å². The summed E-state index contributed by atoms with van der Waals surface area (Å²) < 4.78 is 569. The largest absolute Gasteiger partial charge is 0.441 e. The van der Waals surface area contributed by atoms with Gasteiger partial charge in [0.05, 0.1) is 0 Å². The predicted octanol–water partition coefficient (Wildman–Crippen LogP) is 12.9. The molecule has 0 aromatic carbocycles. The first-order chi connectivity index (χ1) is 27.9. The number of alkyl halides is 40. The second kappa shape index (κ2) is 15.5. The molecule has 0 aliphatic heterocycles. The number of halogens is 40. The minimum Gasteiger partial charge on any atom is -0.200 e. The molecule has 0 fully saturated rings. The fraction of sp³-hybridized carbons (Fsp3) is 1.00. The van der Waals surface area contributed by atoms with E-state index in [-0.39, 0.29) is 0 Å². The van der Waals surface area contributed by atoms with E-state index in [1.54, 1.807) is 0 Å². The zero-order valence-corrected chi connectivity index (χ0v) is 30.0. The van der Waals surface area contributed by atoms with Gasteiger partial charge < -0.3 is 0 Å². The van der Waals surface area contributed by atoms with E-state index in [0.29, 0.717) is 0 Å². The minimum atomic E-state index is -9.99. The van der Waals surface area contributed by atoms with Crippen LogP contribution in [0, 0.1) is 0 Å². The lowest BCUT2D eigenvalue weighted by Crippen LogP contribution is -2.77. The summed E-state index contributed by atoms with van der Waals surface area (Å²) in [5.41, 5.74) is 0. The normalized spacial score (nSPS) is 17.3. The third-order valence-electron chi connectivity index (χ3n) is 7.77. The molecule has 0 aromatic heterocycles. The maximum atomic E-state index is 13.9. The Morgan fingerprint density at radius 3 is 0.433 bits per heavy atom. The third-order valence-corrected chi connectivity index (χ3v) is 8.59. The molecular weight excluding hydrogens is 1120 g/mol. The second-order valence-corrected chi connectivity index (χ2v) is 13.7. The molecule has 0 bridgehead atoms. The van der Waals surface area contributed by atoms with Crippen LogP contribution in [0.2, 0.25) is 0 Å². The van der Waals surface area contributed by atoms with Crippen LogP contribution in [-0.4, -0.2) is 127 Å². The van der Waals surface area contributed by atoms with Gasteiger partial charge in [-0.3, -0.25) is 0 Å². The van der Waals surface area contributed by atoms with E-state index < -0.39 is 143 Å². The van der Waals surface area contributed by atoms with E-state index in [1.165, 1.54) is 0 Å². The Morgan fingerprint density at radius 1 is 0.209 bits per heavy atom. The summed E-state index contributed by atoms with van der Waals surface area (Å²) in [6, 6.07) is 0. The zero-order chi connectivity index (χ0) is 55.9. The molecule has 0 radical (unpaired) electrons. The Bertz CT molecular complexity index is 1790. The number of hydrogen-bond donors (Lipinski definition) is 0. The van der Waals surface area contributed by atoms with Crippen molar-refractivity contribution in [3.05, 3.63) is 0 Å². The summed E-state index contributed by atoms with van der Waals surface area (Å²) in [5.74, 6) is -166. The standard InChI is InChI=1S/C22H6F40O4S/c1-3(23,24)5(27,28)7(31,32)9(35,36)11(39,40)13(43,44)15(47,48)17(51,52)19(55,56)21(59,60)65-67(63,64)66-22(61,62)20(57,58)18(53,54)16(49,50)14(45,46)12(41,42)10(37,38)8(33,34)6(29,30)4(2,25)26/h1-2H3. The molecule has 0 heterocycles.